The number of nitrogens with zero attached hydrogens (tertiary/aromatic N) is 5. The molecule has 3 aromatic heterocycles. The number of hydrogen-bond donors (Lipinski definition) is 0. The minimum atomic E-state index is -3.52. The lowest BCUT2D eigenvalue weighted by molar-refractivity contribution is 0.0553. The Morgan fingerprint density at radius 2 is 1.79 bits per heavy atom. The van der Waals surface area contributed by atoms with E-state index in [1.165, 1.54) is 6.26 Å². The molecule has 0 N–H and O–H groups in total. The standard InChI is InChI=1S/C29H34B3N5O4S/c1-36-27(28(34-35-36)29(30,31)32)19-13-22-25(33-16-19)24-21(14-20(42(3,38)39)15-23(24)40-2)37(22)26(17-7-5-4-6-8-17)18-9-11-41-12-10-18/h4-8,13-16,18,26H,9-12,30-32H2,1-3H3/t26-/m1/s1. The first-order chi connectivity index (χ1) is 20.0. The lowest BCUT2D eigenvalue weighted by Crippen LogP contribution is -2.28. The third-order valence-electron chi connectivity index (χ3n) is 8.27. The summed E-state index contributed by atoms with van der Waals surface area (Å²) in [5.41, 5.74) is 6.25. The lowest BCUT2D eigenvalue weighted by Gasteiger charge is -2.33. The van der Waals surface area contributed by atoms with Crippen LogP contribution in [0.3, 0.4) is 0 Å². The Morgan fingerprint density at radius 3 is 2.43 bits per heavy atom. The molecule has 1 aliphatic heterocycles. The molecule has 0 spiro atoms. The summed E-state index contributed by atoms with van der Waals surface area (Å²) in [4.78, 5) is 5.24. The second-order valence-corrected chi connectivity index (χ2v) is 14.2. The monoisotopic (exact) mass is 581 g/mol. The van der Waals surface area contributed by atoms with E-state index in [1.807, 2.05) is 19.3 Å². The molecule has 0 amide bonds. The fourth-order valence-corrected chi connectivity index (χ4v) is 6.91. The van der Waals surface area contributed by atoms with Gasteiger partial charge in [0.1, 0.15) is 5.75 Å². The molecule has 0 aliphatic carbocycles. The van der Waals surface area contributed by atoms with E-state index in [1.54, 1.807) is 23.9 Å². The molecule has 2 aromatic carbocycles. The van der Waals surface area contributed by atoms with Gasteiger partial charge in [-0.05, 0) is 42.5 Å². The van der Waals surface area contributed by atoms with Crippen molar-refractivity contribution in [3.63, 3.8) is 0 Å². The number of aromatic nitrogens is 5. The van der Waals surface area contributed by atoms with Gasteiger partial charge in [0.2, 0.25) is 0 Å². The molecule has 4 heterocycles. The normalized spacial score (nSPS) is 15.8. The molecule has 0 saturated carbocycles. The Labute approximate surface area is 248 Å². The number of benzene rings is 2. The summed E-state index contributed by atoms with van der Waals surface area (Å²) in [5.74, 6) is 0.744. The SMILES string of the molecule is BC(B)(B)c1nnn(C)c1-c1cnc2c3c(OC)cc(S(C)(=O)=O)cc3n([C@H](c3ccccc3)C3CCOCC3)c2c1. The van der Waals surface area contributed by atoms with E-state index < -0.39 is 9.84 Å². The topological polar surface area (TPSA) is 101 Å². The van der Waals surface area contributed by atoms with Crippen LogP contribution in [0.4, 0.5) is 0 Å². The summed E-state index contributed by atoms with van der Waals surface area (Å²) in [5, 5.41) is 9.43. The second-order valence-electron chi connectivity index (χ2n) is 12.2. The Bertz CT molecular complexity index is 1900. The summed E-state index contributed by atoms with van der Waals surface area (Å²) >= 11 is 0. The molecule has 1 saturated heterocycles. The molecule has 1 aliphatic rings. The van der Waals surface area contributed by atoms with E-state index in [2.05, 4.69) is 68.7 Å². The fourth-order valence-electron chi connectivity index (χ4n) is 6.27. The molecule has 6 rings (SSSR count). The quantitative estimate of drug-likeness (QED) is 0.268. The van der Waals surface area contributed by atoms with E-state index in [-0.39, 0.29) is 22.0 Å². The highest BCUT2D eigenvalue weighted by Gasteiger charge is 2.32. The first kappa shape index (κ1) is 28.5. The second kappa shape index (κ2) is 10.6. The van der Waals surface area contributed by atoms with Gasteiger partial charge < -0.3 is 14.0 Å². The van der Waals surface area contributed by atoms with E-state index in [0.29, 0.717) is 19.0 Å². The number of sulfone groups is 1. The lowest BCUT2D eigenvalue weighted by atomic mass is 9.41. The minimum Gasteiger partial charge on any atom is -0.496 e. The van der Waals surface area contributed by atoms with Crippen molar-refractivity contribution in [3.8, 4) is 17.0 Å². The van der Waals surface area contributed by atoms with Gasteiger partial charge in [-0.2, -0.15) is 0 Å². The van der Waals surface area contributed by atoms with Gasteiger partial charge in [-0.3, -0.25) is 4.98 Å². The summed E-state index contributed by atoms with van der Waals surface area (Å²) in [6.07, 6.45) is 4.86. The Hall–Kier alpha value is -3.57. The van der Waals surface area contributed by atoms with Crippen LogP contribution in [0, 0.1) is 5.92 Å². The molecule has 1 atom stereocenters. The van der Waals surface area contributed by atoms with Crippen molar-refractivity contribution in [1.29, 1.82) is 0 Å². The van der Waals surface area contributed by atoms with Crippen molar-refractivity contribution in [2.45, 2.75) is 28.9 Å². The average Bonchev–Trinajstić information content (AvgIpc) is 3.51. The average molecular weight is 581 g/mol. The first-order valence-corrected chi connectivity index (χ1v) is 16.1. The zero-order valence-corrected chi connectivity index (χ0v) is 25.8. The molecule has 1 fully saturated rings. The Balaban J connectivity index is 1.75. The van der Waals surface area contributed by atoms with Gasteiger partial charge in [0.15, 0.2) is 9.84 Å². The minimum absolute atomic E-state index is 0.0848. The van der Waals surface area contributed by atoms with Crippen LogP contribution in [0.2, 0.25) is 0 Å². The molecule has 9 nitrogen and oxygen atoms in total. The highest BCUT2D eigenvalue weighted by molar-refractivity contribution is 7.90. The summed E-state index contributed by atoms with van der Waals surface area (Å²) in [6.45, 7) is 1.37. The van der Waals surface area contributed by atoms with Crippen LogP contribution in [-0.4, -0.2) is 83.1 Å². The van der Waals surface area contributed by atoms with Crippen LogP contribution in [-0.2, 0) is 26.7 Å². The third kappa shape index (κ3) is 4.92. The number of pyridine rings is 1. The van der Waals surface area contributed by atoms with Gasteiger partial charge in [0, 0.05) is 38.3 Å². The summed E-state index contributed by atoms with van der Waals surface area (Å²) in [7, 11) is 6.32. The van der Waals surface area contributed by atoms with Gasteiger partial charge in [0.25, 0.3) is 0 Å². The first-order valence-electron chi connectivity index (χ1n) is 14.2. The maximum absolute atomic E-state index is 12.9. The van der Waals surface area contributed by atoms with Crippen LogP contribution < -0.4 is 4.74 Å². The van der Waals surface area contributed by atoms with E-state index in [9.17, 15) is 8.42 Å². The van der Waals surface area contributed by atoms with Gasteiger partial charge in [-0.1, -0.05) is 40.7 Å². The molecule has 42 heavy (non-hydrogen) atoms. The summed E-state index contributed by atoms with van der Waals surface area (Å²) in [6, 6.07) is 15.9. The van der Waals surface area contributed by atoms with E-state index in [4.69, 9.17) is 14.5 Å². The van der Waals surface area contributed by atoms with Crippen LogP contribution >= 0.6 is 0 Å². The largest absolute Gasteiger partial charge is 0.496 e. The molecule has 0 radical (unpaired) electrons. The van der Waals surface area contributed by atoms with Crippen LogP contribution in [0.1, 0.15) is 30.1 Å². The number of ether oxygens (including phenoxy) is 2. The fraction of sp³-hybridized carbons (Fsp3) is 0.345. The van der Waals surface area contributed by atoms with Crippen molar-refractivity contribution in [2.24, 2.45) is 13.0 Å². The maximum atomic E-state index is 12.9. The van der Waals surface area contributed by atoms with Crippen LogP contribution in [0.5, 0.6) is 5.75 Å². The van der Waals surface area contributed by atoms with Crippen LogP contribution in [0.25, 0.3) is 33.2 Å². The number of fused-ring (bicyclic) bond motifs is 3. The van der Waals surface area contributed by atoms with Crippen molar-refractivity contribution >= 4 is 55.3 Å². The van der Waals surface area contributed by atoms with Gasteiger partial charge in [-0.25, -0.2) is 13.1 Å². The molecule has 0 unspecified atom stereocenters. The Kier molecular flexibility index (Phi) is 7.21. The molecular weight excluding hydrogens is 547 g/mol. The number of hydrogen-bond acceptors (Lipinski definition) is 7. The van der Waals surface area contributed by atoms with Gasteiger partial charge in [0.05, 0.1) is 74.9 Å². The van der Waals surface area contributed by atoms with Gasteiger partial charge in [-0.15, -0.1) is 5.10 Å². The number of rotatable bonds is 7. The zero-order chi connectivity index (χ0) is 29.8. The molecular formula is C29H34B3N5O4S. The Morgan fingerprint density at radius 1 is 1.07 bits per heavy atom. The van der Waals surface area contributed by atoms with E-state index >= 15 is 0 Å². The van der Waals surface area contributed by atoms with Crippen molar-refractivity contribution in [3.05, 3.63) is 66.0 Å². The number of aryl methyl sites for hydroxylation is 1. The maximum Gasteiger partial charge on any atom is 0.175 e. The van der Waals surface area contributed by atoms with Gasteiger partial charge >= 0.3 is 0 Å². The highest BCUT2D eigenvalue weighted by Crippen LogP contribution is 2.44. The van der Waals surface area contributed by atoms with Crippen LogP contribution in [0.15, 0.2) is 59.6 Å². The third-order valence-corrected chi connectivity index (χ3v) is 9.36. The summed E-state index contributed by atoms with van der Waals surface area (Å²) < 4.78 is 41.4. The van der Waals surface area contributed by atoms with Crippen molar-refractivity contribution < 1.29 is 17.9 Å². The van der Waals surface area contributed by atoms with Crippen molar-refractivity contribution in [2.75, 3.05) is 26.6 Å². The predicted molar refractivity (Wildman–Crippen MR) is 172 cm³/mol. The smallest absolute Gasteiger partial charge is 0.175 e. The molecule has 214 valence electrons. The number of methoxy groups -OCH3 is 1. The highest BCUT2D eigenvalue weighted by atomic mass is 32.2. The predicted octanol–water partition coefficient (Wildman–Crippen LogP) is 1.42. The van der Waals surface area contributed by atoms with Crippen molar-refractivity contribution in [1.82, 2.24) is 24.5 Å². The molecule has 5 aromatic rings. The van der Waals surface area contributed by atoms with E-state index in [0.717, 1.165) is 57.3 Å². The zero-order valence-electron chi connectivity index (χ0n) is 25.0. The molecule has 0 bridgehead atoms. The molecule has 13 heteroatoms.